The van der Waals surface area contributed by atoms with Gasteiger partial charge in [-0.2, -0.15) is 0 Å². The van der Waals surface area contributed by atoms with E-state index >= 15 is 0 Å². The molecule has 170 valence electrons. The number of aromatic nitrogens is 1. The molecule has 3 atom stereocenters. The zero-order valence-electron chi connectivity index (χ0n) is 18.3. The third-order valence-corrected chi connectivity index (χ3v) is 6.47. The summed E-state index contributed by atoms with van der Waals surface area (Å²) < 4.78 is 0. The fourth-order valence-corrected chi connectivity index (χ4v) is 4.39. The van der Waals surface area contributed by atoms with E-state index < -0.39 is 35.4 Å². The highest BCUT2D eigenvalue weighted by atomic mass is 35.5. The van der Waals surface area contributed by atoms with Crippen LogP contribution in [0.4, 0.5) is 0 Å². The van der Waals surface area contributed by atoms with Crippen LogP contribution < -0.4 is 11.1 Å². The number of β-amino-alcohol motifs (C(OH)–C–C–N with tert-alkyl or cyclic N) is 1. The molecule has 0 bridgehead atoms. The van der Waals surface area contributed by atoms with Gasteiger partial charge in [-0.1, -0.05) is 45.0 Å². The van der Waals surface area contributed by atoms with Crippen molar-refractivity contribution in [3.63, 3.8) is 0 Å². The van der Waals surface area contributed by atoms with Crippen LogP contribution in [0, 0.1) is 12.3 Å². The highest BCUT2D eigenvalue weighted by molar-refractivity contribution is 7.13. The molecular weight excluding hydrogens is 436 g/mol. The molecule has 1 aliphatic heterocycles. The Morgan fingerprint density at radius 3 is 2.52 bits per heavy atom. The van der Waals surface area contributed by atoms with E-state index in [-0.39, 0.29) is 12.4 Å². The fraction of sp³-hybridized carbons (Fsp3) is 0.500. The van der Waals surface area contributed by atoms with Gasteiger partial charge in [0.05, 0.1) is 34.3 Å². The summed E-state index contributed by atoms with van der Waals surface area (Å²) in [4.78, 5) is 32.4. The van der Waals surface area contributed by atoms with Crippen LogP contribution in [0.2, 0.25) is 0 Å². The second kappa shape index (κ2) is 10.2. The maximum Gasteiger partial charge on any atom is 0.244 e. The van der Waals surface area contributed by atoms with Gasteiger partial charge in [0, 0.05) is 13.1 Å². The summed E-state index contributed by atoms with van der Waals surface area (Å²) >= 11 is 1.61. The molecule has 0 aliphatic carbocycles. The van der Waals surface area contributed by atoms with Gasteiger partial charge in [0.25, 0.3) is 0 Å². The number of rotatable bonds is 5. The number of imide groups is 1. The van der Waals surface area contributed by atoms with Crippen LogP contribution in [0.25, 0.3) is 10.4 Å². The Balaban J connectivity index is 0.00000341. The predicted octanol–water partition coefficient (Wildman–Crippen LogP) is 2.49. The lowest BCUT2D eigenvalue weighted by molar-refractivity contribution is -0.134. The lowest BCUT2D eigenvalue weighted by Crippen LogP contribution is -2.53. The lowest BCUT2D eigenvalue weighted by Gasteiger charge is -2.27. The van der Waals surface area contributed by atoms with E-state index in [1.165, 1.54) is 0 Å². The van der Waals surface area contributed by atoms with E-state index in [0.29, 0.717) is 19.5 Å². The minimum atomic E-state index is -0.788. The van der Waals surface area contributed by atoms with Gasteiger partial charge in [-0.3, -0.25) is 19.8 Å². The molecule has 7 nitrogen and oxygen atoms in total. The Labute approximate surface area is 193 Å². The standard InChI is InChI=1S/C22H30N4O3S.ClH/c1-13-18(30-12-24-13)15-7-5-14(6-8-15)10-26-11-16(27)9-17(26)20(28)25-21(29)19(23)22(2,3)4;/h5-8,12,16-17,19,27H,9-11,23H2,1-4H3,(H,25,28,29);1H/t16-,17+,19+;/m0./s1. The van der Waals surface area contributed by atoms with Crippen LogP contribution >= 0.6 is 23.7 Å². The second-order valence-electron chi connectivity index (χ2n) is 9.00. The number of aryl methyl sites for hydroxylation is 1. The normalized spacial score (nSPS) is 20.2. The van der Waals surface area contributed by atoms with Crippen LogP contribution in [-0.2, 0) is 16.1 Å². The van der Waals surface area contributed by atoms with Crippen molar-refractivity contribution in [3.8, 4) is 10.4 Å². The molecule has 0 radical (unpaired) electrons. The van der Waals surface area contributed by atoms with Crippen molar-refractivity contribution in [1.29, 1.82) is 0 Å². The first-order chi connectivity index (χ1) is 14.1. The first-order valence-corrected chi connectivity index (χ1v) is 11.0. The van der Waals surface area contributed by atoms with Gasteiger partial charge < -0.3 is 10.8 Å². The number of amides is 2. The summed E-state index contributed by atoms with van der Waals surface area (Å²) in [5, 5.41) is 12.6. The van der Waals surface area contributed by atoms with Crippen molar-refractivity contribution in [1.82, 2.24) is 15.2 Å². The average molecular weight is 467 g/mol. The SMILES string of the molecule is Cc1ncsc1-c1ccc(CN2C[C@@H](O)C[C@@H]2C(=O)NC(=O)[C@@H](N)C(C)(C)C)cc1.Cl. The van der Waals surface area contributed by atoms with Gasteiger partial charge in [0.2, 0.25) is 11.8 Å². The van der Waals surface area contributed by atoms with Gasteiger partial charge in [-0.25, -0.2) is 4.98 Å². The maximum absolute atomic E-state index is 12.7. The van der Waals surface area contributed by atoms with Crippen LogP contribution in [-0.4, -0.2) is 51.5 Å². The van der Waals surface area contributed by atoms with Crippen molar-refractivity contribution in [2.45, 2.75) is 58.8 Å². The Hall–Kier alpha value is -1.84. The van der Waals surface area contributed by atoms with Gasteiger partial charge in [0.1, 0.15) is 0 Å². The Kier molecular flexibility index (Phi) is 8.35. The third kappa shape index (κ3) is 6.11. The molecule has 0 saturated carbocycles. The second-order valence-corrected chi connectivity index (χ2v) is 9.85. The topological polar surface area (TPSA) is 109 Å². The summed E-state index contributed by atoms with van der Waals surface area (Å²) in [5.41, 5.74) is 10.5. The number of carbonyl (C=O) groups excluding carboxylic acids is 2. The van der Waals surface area contributed by atoms with Crippen LogP contribution in [0.1, 0.15) is 38.4 Å². The van der Waals surface area contributed by atoms with E-state index in [0.717, 1.165) is 21.7 Å². The molecular formula is C22H31ClN4O3S. The van der Waals surface area contributed by atoms with Crippen molar-refractivity contribution >= 4 is 35.6 Å². The van der Waals surface area contributed by atoms with E-state index in [9.17, 15) is 14.7 Å². The van der Waals surface area contributed by atoms with Crippen molar-refractivity contribution in [3.05, 3.63) is 41.0 Å². The van der Waals surface area contributed by atoms with Crippen molar-refractivity contribution in [2.75, 3.05) is 6.54 Å². The van der Waals surface area contributed by atoms with Crippen LogP contribution in [0.3, 0.4) is 0 Å². The summed E-state index contributed by atoms with van der Waals surface area (Å²) in [5.74, 6) is -0.897. The molecule has 0 unspecified atom stereocenters. The average Bonchev–Trinajstić information content (AvgIpc) is 3.26. The van der Waals surface area contributed by atoms with Gasteiger partial charge >= 0.3 is 0 Å². The van der Waals surface area contributed by atoms with E-state index in [4.69, 9.17) is 5.73 Å². The quantitative estimate of drug-likeness (QED) is 0.624. The molecule has 1 aromatic carbocycles. The Morgan fingerprint density at radius 2 is 1.97 bits per heavy atom. The number of thiazole rings is 1. The number of hydrogen-bond acceptors (Lipinski definition) is 7. The van der Waals surface area contributed by atoms with E-state index in [2.05, 4.69) is 10.3 Å². The smallest absolute Gasteiger partial charge is 0.244 e. The first-order valence-electron chi connectivity index (χ1n) is 10.1. The maximum atomic E-state index is 12.7. The van der Waals surface area contributed by atoms with E-state index in [1.807, 2.05) is 62.4 Å². The molecule has 2 heterocycles. The molecule has 2 aromatic rings. The monoisotopic (exact) mass is 466 g/mol. The van der Waals surface area contributed by atoms with Crippen LogP contribution in [0.15, 0.2) is 29.8 Å². The van der Waals surface area contributed by atoms with Crippen molar-refractivity contribution < 1.29 is 14.7 Å². The number of aliphatic hydroxyl groups is 1. The summed E-state index contributed by atoms with van der Waals surface area (Å²) in [6.45, 7) is 8.44. The molecule has 9 heteroatoms. The number of hydrogen-bond donors (Lipinski definition) is 3. The fourth-order valence-electron chi connectivity index (χ4n) is 3.58. The predicted molar refractivity (Wildman–Crippen MR) is 125 cm³/mol. The summed E-state index contributed by atoms with van der Waals surface area (Å²) in [6, 6.07) is 6.78. The molecule has 1 aromatic heterocycles. The molecule has 2 amide bonds. The molecule has 1 saturated heterocycles. The summed E-state index contributed by atoms with van der Waals surface area (Å²) in [6.07, 6.45) is -0.312. The molecule has 3 rings (SSSR count). The zero-order valence-corrected chi connectivity index (χ0v) is 19.9. The Morgan fingerprint density at radius 1 is 1.32 bits per heavy atom. The highest BCUT2D eigenvalue weighted by Gasteiger charge is 2.38. The number of nitrogens with zero attached hydrogens (tertiary/aromatic N) is 2. The molecule has 4 N–H and O–H groups in total. The zero-order chi connectivity index (χ0) is 22.1. The van der Waals surface area contributed by atoms with E-state index in [1.54, 1.807) is 11.3 Å². The lowest BCUT2D eigenvalue weighted by atomic mass is 9.87. The molecule has 0 spiro atoms. The van der Waals surface area contributed by atoms with Crippen LogP contribution in [0.5, 0.6) is 0 Å². The number of benzene rings is 1. The number of nitrogens with two attached hydrogens (primary N) is 1. The first kappa shape index (κ1) is 25.4. The van der Waals surface area contributed by atoms with Crippen molar-refractivity contribution in [2.24, 2.45) is 11.1 Å². The highest BCUT2D eigenvalue weighted by Crippen LogP contribution is 2.28. The minimum Gasteiger partial charge on any atom is -0.392 e. The minimum absolute atomic E-state index is 0. The molecule has 1 fully saturated rings. The van der Waals surface area contributed by atoms with Gasteiger partial charge in [0.15, 0.2) is 0 Å². The number of aliphatic hydroxyl groups excluding tert-OH is 1. The number of carbonyl (C=O) groups is 2. The molecule has 31 heavy (non-hydrogen) atoms. The summed E-state index contributed by atoms with van der Waals surface area (Å²) in [7, 11) is 0. The number of likely N-dealkylation sites (tertiary alicyclic amines) is 1. The third-order valence-electron chi connectivity index (χ3n) is 5.49. The van der Waals surface area contributed by atoms with Gasteiger partial charge in [-0.15, -0.1) is 23.7 Å². The number of halogens is 1. The molecule has 1 aliphatic rings. The Bertz CT molecular complexity index is 910. The number of nitrogens with one attached hydrogen (secondary N) is 1. The largest absolute Gasteiger partial charge is 0.392 e. The van der Waals surface area contributed by atoms with Gasteiger partial charge in [-0.05, 0) is 29.9 Å².